The van der Waals surface area contributed by atoms with Gasteiger partial charge in [-0.05, 0) is 67.4 Å². The number of sulfonamides is 1. The Bertz CT molecular complexity index is 1480. The molecule has 0 spiro atoms. The van der Waals surface area contributed by atoms with Gasteiger partial charge in [-0.3, -0.25) is 13.9 Å². The quantitative estimate of drug-likeness (QED) is 0.297. The van der Waals surface area contributed by atoms with Crippen LogP contribution in [0.3, 0.4) is 0 Å². The van der Waals surface area contributed by atoms with Crippen LogP contribution in [-0.4, -0.2) is 65.6 Å². The average molecular weight is 602 g/mol. The highest BCUT2D eigenvalue weighted by molar-refractivity contribution is 7.92. The van der Waals surface area contributed by atoms with E-state index in [1.54, 1.807) is 38.1 Å². The fraction of sp³-hybridized carbons (Fsp3) is 0.333. The van der Waals surface area contributed by atoms with Crippen molar-refractivity contribution in [2.75, 3.05) is 38.7 Å². The molecule has 0 aliphatic heterocycles. The minimum absolute atomic E-state index is 0.0132. The van der Waals surface area contributed by atoms with Crippen molar-refractivity contribution in [2.24, 2.45) is 0 Å². The average Bonchev–Trinajstić information content (AvgIpc) is 2.99. The highest BCUT2D eigenvalue weighted by Gasteiger charge is 2.34. The van der Waals surface area contributed by atoms with Crippen LogP contribution in [0.4, 0.5) is 10.1 Å². The van der Waals surface area contributed by atoms with E-state index in [9.17, 15) is 22.4 Å². The Morgan fingerprint density at radius 1 is 0.905 bits per heavy atom. The number of nitrogens with one attached hydrogen (secondary N) is 1. The van der Waals surface area contributed by atoms with Crippen molar-refractivity contribution in [3.8, 4) is 17.2 Å². The third-order valence-corrected chi connectivity index (χ3v) is 8.33. The molecule has 2 amide bonds. The van der Waals surface area contributed by atoms with Crippen molar-refractivity contribution in [3.63, 3.8) is 0 Å². The lowest BCUT2D eigenvalue weighted by molar-refractivity contribution is -0.140. The van der Waals surface area contributed by atoms with Gasteiger partial charge in [0.2, 0.25) is 11.8 Å². The van der Waals surface area contributed by atoms with Gasteiger partial charge < -0.3 is 24.4 Å². The summed E-state index contributed by atoms with van der Waals surface area (Å²) in [6.45, 7) is 3.24. The van der Waals surface area contributed by atoms with Crippen LogP contribution in [0.1, 0.15) is 25.8 Å². The lowest BCUT2D eigenvalue weighted by Gasteiger charge is -2.33. The molecule has 0 heterocycles. The van der Waals surface area contributed by atoms with E-state index in [0.29, 0.717) is 23.6 Å². The van der Waals surface area contributed by atoms with Gasteiger partial charge >= 0.3 is 0 Å². The standard InChI is InChI=1S/C30H36FN3O7S/c1-6-26(30(36)32-7-2)33(19-21-9-8-10-24(17-21)39-3)29(35)20-34(23-13-11-22(31)12-14-23)42(37,38)25-15-16-27(40-4)28(18-25)41-5/h8-18,26H,6-7,19-20H2,1-5H3,(H,32,36)/t26-/m0/s1. The monoisotopic (exact) mass is 601 g/mol. The second-order valence-corrected chi connectivity index (χ2v) is 11.1. The molecule has 1 N–H and O–H groups in total. The topological polar surface area (TPSA) is 114 Å². The number of amides is 2. The van der Waals surface area contributed by atoms with Gasteiger partial charge in [-0.25, -0.2) is 12.8 Å². The van der Waals surface area contributed by atoms with E-state index in [1.807, 2.05) is 0 Å². The summed E-state index contributed by atoms with van der Waals surface area (Å²) in [4.78, 5) is 28.3. The summed E-state index contributed by atoms with van der Waals surface area (Å²) in [6, 6.07) is 15.0. The van der Waals surface area contributed by atoms with Crippen LogP contribution in [0.5, 0.6) is 17.2 Å². The fourth-order valence-corrected chi connectivity index (χ4v) is 5.85. The smallest absolute Gasteiger partial charge is 0.264 e. The van der Waals surface area contributed by atoms with E-state index in [-0.39, 0.29) is 35.2 Å². The molecule has 0 saturated carbocycles. The predicted octanol–water partition coefficient (Wildman–Crippen LogP) is 3.99. The lowest BCUT2D eigenvalue weighted by atomic mass is 10.1. The Kier molecular flexibility index (Phi) is 11.1. The third-order valence-electron chi connectivity index (χ3n) is 6.56. The zero-order valence-corrected chi connectivity index (χ0v) is 25.1. The molecule has 3 rings (SSSR count). The van der Waals surface area contributed by atoms with Crippen LogP contribution >= 0.6 is 0 Å². The molecule has 3 aromatic rings. The Morgan fingerprint density at radius 3 is 2.19 bits per heavy atom. The van der Waals surface area contributed by atoms with Gasteiger partial charge in [0.15, 0.2) is 11.5 Å². The maximum Gasteiger partial charge on any atom is 0.264 e. The molecule has 226 valence electrons. The van der Waals surface area contributed by atoms with E-state index >= 15 is 0 Å². The number of benzene rings is 3. The van der Waals surface area contributed by atoms with Crippen LogP contribution in [0, 0.1) is 5.82 Å². The van der Waals surface area contributed by atoms with E-state index in [0.717, 1.165) is 16.4 Å². The first-order valence-electron chi connectivity index (χ1n) is 13.3. The van der Waals surface area contributed by atoms with Crippen molar-refractivity contribution in [3.05, 3.63) is 78.1 Å². The molecule has 42 heavy (non-hydrogen) atoms. The highest BCUT2D eigenvalue weighted by Crippen LogP contribution is 2.32. The molecule has 0 aliphatic carbocycles. The van der Waals surface area contributed by atoms with E-state index in [1.165, 1.54) is 56.6 Å². The molecule has 1 atom stereocenters. The molecule has 12 heteroatoms. The predicted molar refractivity (Wildman–Crippen MR) is 157 cm³/mol. The van der Waals surface area contributed by atoms with Crippen LogP contribution in [0.2, 0.25) is 0 Å². The summed E-state index contributed by atoms with van der Waals surface area (Å²) in [5.74, 6) is -0.522. The molecular weight excluding hydrogens is 565 g/mol. The van der Waals surface area contributed by atoms with Crippen molar-refractivity contribution in [1.29, 1.82) is 0 Å². The molecule has 3 aromatic carbocycles. The van der Waals surface area contributed by atoms with Crippen LogP contribution in [0.15, 0.2) is 71.6 Å². The van der Waals surface area contributed by atoms with Gasteiger partial charge in [-0.2, -0.15) is 0 Å². The maximum absolute atomic E-state index is 14.1. The summed E-state index contributed by atoms with van der Waals surface area (Å²) in [5, 5.41) is 2.75. The van der Waals surface area contributed by atoms with Gasteiger partial charge in [0.1, 0.15) is 24.2 Å². The zero-order chi connectivity index (χ0) is 30.9. The largest absolute Gasteiger partial charge is 0.497 e. The van der Waals surface area contributed by atoms with E-state index in [4.69, 9.17) is 14.2 Å². The Morgan fingerprint density at radius 2 is 1.60 bits per heavy atom. The number of nitrogens with zero attached hydrogens (tertiary/aromatic N) is 2. The molecule has 0 saturated heterocycles. The number of rotatable bonds is 14. The zero-order valence-electron chi connectivity index (χ0n) is 24.3. The Hall–Kier alpha value is -4.32. The molecule has 0 aromatic heterocycles. The maximum atomic E-state index is 14.1. The summed E-state index contributed by atoms with van der Waals surface area (Å²) in [5.41, 5.74) is 0.744. The molecule has 0 radical (unpaired) electrons. The van der Waals surface area contributed by atoms with Gasteiger partial charge in [0.25, 0.3) is 10.0 Å². The van der Waals surface area contributed by atoms with Crippen LogP contribution < -0.4 is 23.8 Å². The number of carbonyl (C=O) groups is 2. The number of halogens is 1. The SMILES string of the molecule is CCNC(=O)[C@H](CC)N(Cc1cccc(OC)c1)C(=O)CN(c1ccc(F)cc1)S(=O)(=O)c1ccc(OC)c(OC)c1. The number of hydrogen-bond donors (Lipinski definition) is 1. The number of hydrogen-bond acceptors (Lipinski definition) is 7. The van der Waals surface area contributed by atoms with Gasteiger partial charge in [-0.15, -0.1) is 0 Å². The molecule has 0 aliphatic rings. The first-order valence-corrected chi connectivity index (χ1v) is 14.7. The summed E-state index contributed by atoms with van der Waals surface area (Å²) in [7, 11) is -0.0781. The van der Waals surface area contributed by atoms with E-state index in [2.05, 4.69) is 5.32 Å². The third kappa shape index (κ3) is 7.49. The molecule has 0 bridgehead atoms. The Balaban J connectivity index is 2.10. The molecule has 0 fully saturated rings. The number of ether oxygens (including phenoxy) is 3. The van der Waals surface area contributed by atoms with Crippen molar-refractivity contribution < 1.29 is 36.6 Å². The first kappa shape index (κ1) is 32.2. The minimum atomic E-state index is -4.39. The summed E-state index contributed by atoms with van der Waals surface area (Å²) < 4.78 is 58.6. The minimum Gasteiger partial charge on any atom is -0.497 e. The highest BCUT2D eigenvalue weighted by atomic mass is 32.2. The molecular formula is C30H36FN3O7S. The number of carbonyl (C=O) groups excluding carboxylic acids is 2. The van der Waals surface area contributed by atoms with E-state index < -0.39 is 34.3 Å². The summed E-state index contributed by atoms with van der Waals surface area (Å²) in [6.07, 6.45) is 0.278. The first-order chi connectivity index (χ1) is 20.1. The lowest BCUT2D eigenvalue weighted by Crippen LogP contribution is -2.52. The fourth-order valence-electron chi connectivity index (χ4n) is 4.42. The molecule has 0 unspecified atom stereocenters. The van der Waals surface area contributed by atoms with Crippen molar-refractivity contribution >= 4 is 27.5 Å². The second kappa shape index (κ2) is 14.5. The van der Waals surface area contributed by atoms with Crippen LogP contribution in [-0.2, 0) is 26.2 Å². The number of methoxy groups -OCH3 is 3. The van der Waals surface area contributed by atoms with Gasteiger partial charge in [0, 0.05) is 19.2 Å². The van der Waals surface area contributed by atoms with Crippen molar-refractivity contribution in [1.82, 2.24) is 10.2 Å². The number of anilines is 1. The van der Waals surface area contributed by atoms with Crippen LogP contribution in [0.25, 0.3) is 0 Å². The van der Waals surface area contributed by atoms with Crippen molar-refractivity contribution in [2.45, 2.75) is 37.8 Å². The molecule has 10 nitrogen and oxygen atoms in total. The van der Waals surface area contributed by atoms with Gasteiger partial charge in [0.05, 0.1) is 31.9 Å². The second-order valence-electron chi connectivity index (χ2n) is 9.20. The summed E-state index contributed by atoms with van der Waals surface area (Å²) >= 11 is 0. The Labute approximate surface area is 246 Å². The normalized spacial score (nSPS) is 11.8. The number of likely N-dealkylation sites (N-methyl/N-ethyl adjacent to an activating group) is 1. The van der Waals surface area contributed by atoms with Gasteiger partial charge in [-0.1, -0.05) is 19.1 Å².